The highest BCUT2D eigenvalue weighted by Gasteiger charge is 2.26. The third-order valence-corrected chi connectivity index (χ3v) is 5.09. The molecule has 26 heavy (non-hydrogen) atoms. The molecule has 1 amide bonds. The third kappa shape index (κ3) is 4.82. The molecule has 3 N–H and O–H groups in total. The highest BCUT2D eigenvalue weighted by Crippen LogP contribution is 2.19. The van der Waals surface area contributed by atoms with E-state index in [0.717, 1.165) is 18.5 Å². The molecule has 1 aliphatic heterocycles. The smallest absolute Gasteiger partial charge is 0.274 e. The number of nitrogens with zero attached hydrogens (tertiary/aromatic N) is 3. The summed E-state index contributed by atoms with van der Waals surface area (Å²) in [5.41, 5.74) is 1.25. The van der Waals surface area contributed by atoms with Gasteiger partial charge in [0.2, 0.25) is 0 Å². The zero-order chi connectivity index (χ0) is 18.7. The molecule has 2 aromatic rings. The number of carbonyl (C=O) groups excluding carboxylic acids is 1. The number of aromatic nitrogens is 2. The number of hydrogen-bond donors (Lipinski definition) is 2. The largest absolute Gasteiger partial charge is 0.338 e. The summed E-state index contributed by atoms with van der Waals surface area (Å²) in [6, 6.07) is 7.19. The maximum Gasteiger partial charge on any atom is 0.274 e. The lowest BCUT2D eigenvalue weighted by molar-refractivity contribution is 0.0676. The lowest BCUT2D eigenvalue weighted by atomic mass is 9.98. The van der Waals surface area contributed by atoms with E-state index >= 15 is 0 Å². The minimum absolute atomic E-state index is 0.0361. The van der Waals surface area contributed by atoms with E-state index in [1.807, 2.05) is 12.1 Å². The van der Waals surface area contributed by atoms with Crippen molar-refractivity contribution < 1.29 is 13.2 Å². The third-order valence-electron chi connectivity index (χ3n) is 4.28. The van der Waals surface area contributed by atoms with Crippen molar-refractivity contribution in [1.29, 1.82) is 0 Å². The molecule has 1 aromatic carbocycles. The number of benzene rings is 1. The molecule has 0 bridgehead atoms. The van der Waals surface area contributed by atoms with Crippen molar-refractivity contribution in [1.82, 2.24) is 19.4 Å². The molecule has 3 rings (SSSR count). The predicted molar refractivity (Wildman–Crippen MR) is 98.3 cm³/mol. The van der Waals surface area contributed by atoms with Crippen LogP contribution in [-0.2, 0) is 10.2 Å². The number of carbonyl (C=O) groups is 1. The van der Waals surface area contributed by atoms with Crippen LogP contribution < -0.4 is 9.86 Å². The van der Waals surface area contributed by atoms with Gasteiger partial charge in [-0.3, -0.25) is 4.79 Å². The molecule has 8 nitrogen and oxygen atoms in total. The molecule has 10 heteroatoms. The van der Waals surface area contributed by atoms with Crippen LogP contribution >= 0.6 is 11.6 Å². The molecule has 1 unspecified atom stereocenters. The van der Waals surface area contributed by atoms with Gasteiger partial charge in [-0.25, -0.2) is 14.5 Å². The van der Waals surface area contributed by atoms with Crippen LogP contribution in [-0.4, -0.2) is 48.6 Å². The summed E-state index contributed by atoms with van der Waals surface area (Å²) in [5.74, 6) is -0.0902. The Hall–Kier alpha value is -1.94. The molecule has 0 aliphatic carbocycles. The molecule has 1 atom stereocenters. The first kappa shape index (κ1) is 18.8. The summed E-state index contributed by atoms with van der Waals surface area (Å²) < 4.78 is 26.0. The first-order chi connectivity index (χ1) is 12.3. The fraction of sp³-hybridized carbons (Fsp3) is 0.375. The molecule has 0 spiro atoms. The first-order valence-electron chi connectivity index (χ1n) is 8.19. The van der Waals surface area contributed by atoms with Crippen molar-refractivity contribution in [3.8, 4) is 5.69 Å². The summed E-state index contributed by atoms with van der Waals surface area (Å²) in [6.45, 7) is 1.33. The monoisotopic (exact) mass is 397 g/mol. The van der Waals surface area contributed by atoms with Crippen molar-refractivity contribution >= 4 is 27.7 Å². The van der Waals surface area contributed by atoms with Gasteiger partial charge in [0, 0.05) is 30.9 Å². The summed E-state index contributed by atoms with van der Waals surface area (Å²) in [7, 11) is -3.72. The number of halogens is 1. The number of piperidine rings is 1. The molecule has 1 fully saturated rings. The zero-order valence-corrected chi connectivity index (χ0v) is 15.6. The molecule has 0 saturated carbocycles. The summed E-state index contributed by atoms with van der Waals surface area (Å²) in [5, 5.41) is 9.79. The van der Waals surface area contributed by atoms with E-state index in [-0.39, 0.29) is 18.4 Å². The van der Waals surface area contributed by atoms with E-state index in [2.05, 4.69) is 9.82 Å². The van der Waals surface area contributed by atoms with Gasteiger partial charge in [0.25, 0.3) is 16.1 Å². The van der Waals surface area contributed by atoms with Crippen LogP contribution in [0.1, 0.15) is 23.2 Å². The minimum Gasteiger partial charge on any atom is -0.338 e. The van der Waals surface area contributed by atoms with Gasteiger partial charge in [-0.2, -0.15) is 13.5 Å². The van der Waals surface area contributed by atoms with Crippen molar-refractivity contribution in [3.05, 3.63) is 47.2 Å². The Morgan fingerprint density at radius 1 is 1.42 bits per heavy atom. The van der Waals surface area contributed by atoms with Gasteiger partial charge in [-0.15, -0.1) is 0 Å². The maximum absolute atomic E-state index is 12.7. The quantitative estimate of drug-likeness (QED) is 0.788. The van der Waals surface area contributed by atoms with Crippen molar-refractivity contribution in [3.63, 3.8) is 0 Å². The standard InChI is InChI=1S/C16H20ClN5O3S/c17-14-4-1-5-15(7-14)22-11-13(9-19-22)16(23)21-6-2-3-12(10-21)8-20-26(18,24)25/h1,4-5,7,9,11-12,20H,2-3,6,8,10H2,(H2,18,24,25). The van der Waals surface area contributed by atoms with Crippen LogP contribution in [0, 0.1) is 5.92 Å². The molecule has 1 saturated heterocycles. The molecular formula is C16H20ClN5O3S. The second kappa shape index (κ2) is 7.75. The average Bonchev–Trinajstić information content (AvgIpc) is 3.09. The zero-order valence-electron chi connectivity index (χ0n) is 14.0. The Balaban J connectivity index is 1.67. The highest BCUT2D eigenvalue weighted by molar-refractivity contribution is 7.87. The molecule has 2 heterocycles. The van der Waals surface area contributed by atoms with Crippen molar-refractivity contribution in [2.45, 2.75) is 12.8 Å². The molecule has 1 aromatic heterocycles. The fourth-order valence-corrected chi connectivity index (χ4v) is 3.68. The van der Waals surface area contributed by atoms with Gasteiger partial charge in [0.05, 0.1) is 17.4 Å². The van der Waals surface area contributed by atoms with Crippen LogP contribution in [0.2, 0.25) is 5.02 Å². The van der Waals surface area contributed by atoms with E-state index in [0.29, 0.717) is 23.7 Å². The van der Waals surface area contributed by atoms with E-state index < -0.39 is 10.2 Å². The lowest BCUT2D eigenvalue weighted by Gasteiger charge is -2.32. The van der Waals surface area contributed by atoms with Crippen LogP contribution in [0.5, 0.6) is 0 Å². The normalized spacial score (nSPS) is 18.1. The Morgan fingerprint density at radius 3 is 2.96 bits per heavy atom. The number of likely N-dealkylation sites (tertiary alicyclic amines) is 1. The number of nitrogens with two attached hydrogens (primary N) is 1. The Labute approximate surface area is 157 Å². The summed E-state index contributed by atoms with van der Waals surface area (Å²) >= 11 is 5.99. The molecule has 0 radical (unpaired) electrons. The van der Waals surface area contributed by atoms with Crippen molar-refractivity contribution in [2.24, 2.45) is 11.1 Å². The van der Waals surface area contributed by atoms with Crippen LogP contribution in [0.4, 0.5) is 0 Å². The second-order valence-electron chi connectivity index (χ2n) is 6.31. The van der Waals surface area contributed by atoms with E-state index in [4.69, 9.17) is 16.7 Å². The van der Waals surface area contributed by atoms with E-state index in [9.17, 15) is 13.2 Å². The second-order valence-corrected chi connectivity index (χ2v) is 8.12. The minimum atomic E-state index is -3.72. The van der Waals surface area contributed by atoms with Gasteiger partial charge in [-0.05, 0) is 37.0 Å². The van der Waals surface area contributed by atoms with E-state index in [1.54, 1.807) is 27.9 Å². The number of rotatable bonds is 5. The fourth-order valence-electron chi connectivity index (χ4n) is 3.03. The maximum atomic E-state index is 12.7. The molecule has 140 valence electrons. The van der Waals surface area contributed by atoms with Crippen molar-refractivity contribution in [2.75, 3.05) is 19.6 Å². The number of hydrogen-bond acceptors (Lipinski definition) is 4. The summed E-state index contributed by atoms with van der Waals surface area (Å²) in [4.78, 5) is 14.5. The van der Waals surface area contributed by atoms with Crippen LogP contribution in [0.25, 0.3) is 5.69 Å². The first-order valence-corrected chi connectivity index (χ1v) is 10.1. The van der Waals surface area contributed by atoms with Crippen LogP contribution in [0.15, 0.2) is 36.7 Å². The Kier molecular flexibility index (Phi) is 5.61. The molecule has 1 aliphatic rings. The average molecular weight is 398 g/mol. The van der Waals surface area contributed by atoms with Crippen LogP contribution in [0.3, 0.4) is 0 Å². The summed E-state index contributed by atoms with van der Waals surface area (Å²) in [6.07, 6.45) is 4.84. The van der Waals surface area contributed by atoms with Gasteiger partial charge >= 0.3 is 0 Å². The van der Waals surface area contributed by atoms with Gasteiger partial charge in [0.15, 0.2) is 0 Å². The number of amides is 1. The van der Waals surface area contributed by atoms with Gasteiger partial charge in [0.1, 0.15) is 0 Å². The van der Waals surface area contributed by atoms with Gasteiger partial charge < -0.3 is 4.90 Å². The topological polar surface area (TPSA) is 110 Å². The lowest BCUT2D eigenvalue weighted by Crippen LogP contribution is -2.44. The number of nitrogens with one attached hydrogen (secondary N) is 1. The Bertz CT molecular complexity index is 899. The predicted octanol–water partition coefficient (Wildman–Crippen LogP) is 1.17. The molecular weight excluding hydrogens is 378 g/mol. The van der Waals surface area contributed by atoms with E-state index in [1.165, 1.54) is 6.20 Å². The SMILES string of the molecule is NS(=O)(=O)NCC1CCCN(C(=O)c2cnn(-c3cccc(Cl)c3)c2)C1. The Morgan fingerprint density at radius 2 is 2.23 bits per heavy atom. The highest BCUT2D eigenvalue weighted by atomic mass is 35.5. The van der Waals surface area contributed by atoms with Gasteiger partial charge in [-0.1, -0.05) is 17.7 Å².